The van der Waals surface area contributed by atoms with Gasteiger partial charge in [0.2, 0.25) is 0 Å². The van der Waals surface area contributed by atoms with Crippen molar-refractivity contribution < 1.29 is 0 Å². The molecule has 1 aromatic rings. The second kappa shape index (κ2) is 7.27. The molecule has 0 fully saturated rings. The predicted molar refractivity (Wildman–Crippen MR) is 74.2 cm³/mol. The normalized spacial score (nSPS) is 13.3. The number of nitrogens with two attached hydrogens (primary N) is 1. The van der Waals surface area contributed by atoms with Crippen LogP contribution in [0.4, 0.5) is 0 Å². The van der Waals surface area contributed by atoms with Gasteiger partial charge in [0.25, 0.3) is 0 Å². The molecule has 2 N–H and O–H groups in total. The predicted octanol–water partition coefficient (Wildman–Crippen LogP) is 1.96. The average molecular weight is 259 g/mol. The van der Waals surface area contributed by atoms with E-state index in [1.165, 1.54) is 5.75 Å². The summed E-state index contributed by atoms with van der Waals surface area (Å²) in [7, 11) is 2.13. The van der Waals surface area contributed by atoms with E-state index < -0.39 is 0 Å². The van der Waals surface area contributed by atoms with Crippen LogP contribution in [0.5, 0.6) is 0 Å². The van der Waals surface area contributed by atoms with Crippen LogP contribution in [-0.2, 0) is 6.54 Å². The van der Waals surface area contributed by atoms with Crippen molar-refractivity contribution in [3.63, 3.8) is 0 Å². The summed E-state index contributed by atoms with van der Waals surface area (Å²) >= 11 is 3.59. The summed E-state index contributed by atoms with van der Waals surface area (Å²) in [5.74, 6) is 1.17. The van der Waals surface area contributed by atoms with E-state index >= 15 is 0 Å². The second-order valence-corrected chi connectivity index (χ2v) is 5.99. The van der Waals surface area contributed by atoms with Crippen molar-refractivity contribution in [3.05, 3.63) is 16.1 Å². The zero-order valence-electron chi connectivity index (χ0n) is 10.3. The van der Waals surface area contributed by atoms with E-state index in [-0.39, 0.29) is 0 Å². The van der Waals surface area contributed by atoms with E-state index in [4.69, 9.17) is 5.73 Å². The molecule has 0 bridgehead atoms. The number of aromatic nitrogens is 1. The van der Waals surface area contributed by atoms with Gasteiger partial charge in [0, 0.05) is 24.5 Å². The van der Waals surface area contributed by atoms with Crippen molar-refractivity contribution in [2.75, 3.05) is 25.6 Å². The molecule has 16 heavy (non-hydrogen) atoms. The number of thioether (sulfide) groups is 1. The van der Waals surface area contributed by atoms with E-state index in [1.807, 2.05) is 18.7 Å². The standard InChI is InChI=1S/C11H21N3S2/c1-9-13-10(8-16-9)7-14(2)11(6-12)4-5-15-3/h8,11H,4-7,12H2,1-3H3. The van der Waals surface area contributed by atoms with Crippen molar-refractivity contribution in [1.29, 1.82) is 0 Å². The smallest absolute Gasteiger partial charge is 0.0897 e. The summed E-state index contributed by atoms with van der Waals surface area (Å²) in [5.41, 5.74) is 6.96. The van der Waals surface area contributed by atoms with Crippen molar-refractivity contribution >= 4 is 23.1 Å². The molecule has 0 aliphatic heterocycles. The first-order valence-electron chi connectivity index (χ1n) is 5.47. The molecule has 0 amide bonds. The van der Waals surface area contributed by atoms with Gasteiger partial charge in [-0.1, -0.05) is 0 Å². The highest BCUT2D eigenvalue weighted by Gasteiger charge is 2.13. The maximum atomic E-state index is 5.80. The Kier molecular flexibility index (Phi) is 6.34. The fourth-order valence-electron chi connectivity index (χ4n) is 1.64. The Labute approximate surface area is 106 Å². The molecule has 1 aromatic heterocycles. The summed E-state index contributed by atoms with van der Waals surface area (Å²) in [5, 5.41) is 3.27. The maximum Gasteiger partial charge on any atom is 0.0897 e. The number of hydrogen-bond donors (Lipinski definition) is 1. The van der Waals surface area contributed by atoms with Crippen molar-refractivity contribution in [1.82, 2.24) is 9.88 Å². The lowest BCUT2D eigenvalue weighted by molar-refractivity contribution is 0.232. The number of rotatable bonds is 7. The van der Waals surface area contributed by atoms with Crippen molar-refractivity contribution in [3.8, 4) is 0 Å². The molecule has 0 radical (unpaired) electrons. The number of nitrogens with zero attached hydrogens (tertiary/aromatic N) is 2. The molecule has 1 heterocycles. The molecule has 3 nitrogen and oxygen atoms in total. The van der Waals surface area contributed by atoms with E-state index in [2.05, 4.69) is 28.6 Å². The number of aryl methyl sites for hydroxylation is 1. The molecule has 0 aliphatic carbocycles. The quantitative estimate of drug-likeness (QED) is 0.813. The van der Waals surface area contributed by atoms with E-state index in [0.29, 0.717) is 6.04 Å². The van der Waals surface area contributed by atoms with Crippen LogP contribution in [0.15, 0.2) is 5.38 Å². The zero-order valence-corrected chi connectivity index (χ0v) is 11.9. The number of likely N-dealkylation sites (N-methyl/N-ethyl adjacent to an activating group) is 1. The highest BCUT2D eigenvalue weighted by molar-refractivity contribution is 7.98. The third-order valence-corrected chi connectivity index (χ3v) is 4.09. The number of thiazole rings is 1. The molecule has 5 heteroatoms. The Morgan fingerprint density at radius 1 is 1.62 bits per heavy atom. The highest BCUT2D eigenvalue weighted by Crippen LogP contribution is 2.13. The van der Waals surface area contributed by atoms with Crippen LogP contribution < -0.4 is 5.73 Å². The van der Waals surface area contributed by atoms with Crippen molar-refractivity contribution in [2.24, 2.45) is 5.73 Å². The molecule has 1 unspecified atom stereocenters. The lowest BCUT2D eigenvalue weighted by Gasteiger charge is -2.25. The average Bonchev–Trinajstić information content (AvgIpc) is 2.65. The Balaban J connectivity index is 2.45. The van der Waals surface area contributed by atoms with Gasteiger partial charge < -0.3 is 5.73 Å². The SMILES string of the molecule is CSCCC(CN)N(C)Cc1csc(C)n1. The molecular weight excluding hydrogens is 238 g/mol. The second-order valence-electron chi connectivity index (χ2n) is 3.94. The van der Waals surface area contributed by atoms with Crippen LogP contribution in [0.25, 0.3) is 0 Å². The molecule has 1 atom stereocenters. The first-order valence-corrected chi connectivity index (χ1v) is 7.75. The Morgan fingerprint density at radius 2 is 2.38 bits per heavy atom. The van der Waals surface area contributed by atoms with Gasteiger partial charge in [0.15, 0.2) is 0 Å². The lowest BCUT2D eigenvalue weighted by Crippen LogP contribution is -2.37. The van der Waals surface area contributed by atoms with Gasteiger partial charge in [0.1, 0.15) is 0 Å². The third-order valence-electron chi connectivity index (χ3n) is 2.63. The minimum absolute atomic E-state index is 0.467. The minimum atomic E-state index is 0.467. The molecule has 0 spiro atoms. The fourth-order valence-corrected chi connectivity index (χ4v) is 2.75. The zero-order chi connectivity index (χ0) is 12.0. The van der Waals surface area contributed by atoms with Gasteiger partial charge in [-0.05, 0) is 32.4 Å². The molecule has 0 aliphatic rings. The van der Waals surface area contributed by atoms with Crippen molar-refractivity contribution in [2.45, 2.75) is 25.9 Å². The van der Waals surface area contributed by atoms with Gasteiger partial charge in [-0.2, -0.15) is 11.8 Å². The molecule has 0 saturated carbocycles. The summed E-state index contributed by atoms with van der Waals surface area (Å²) in [6, 6.07) is 0.467. The maximum absolute atomic E-state index is 5.80. The first-order chi connectivity index (χ1) is 7.67. The topological polar surface area (TPSA) is 42.1 Å². The summed E-state index contributed by atoms with van der Waals surface area (Å²) in [6.07, 6.45) is 3.29. The van der Waals surface area contributed by atoms with Gasteiger partial charge in [0.05, 0.1) is 10.7 Å². The summed E-state index contributed by atoms with van der Waals surface area (Å²) in [6.45, 7) is 3.67. The minimum Gasteiger partial charge on any atom is -0.329 e. The van der Waals surface area contributed by atoms with E-state index in [0.717, 1.165) is 30.2 Å². The van der Waals surface area contributed by atoms with Gasteiger partial charge in [-0.15, -0.1) is 11.3 Å². The lowest BCUT2D eigenvalue weighted by atomic mass is 10.2. The monoisotopic (exact) mass is 259 g/mol. The third kappa shape index (κ3) is 4.41. The van der Waals surface area contributed by atoms with Gasteiger partial charge in [-0.25, -0.2) is 4.98 Å². The van der Waals surface area contributed by atoms with E-state index in [9.17, 15) is 0 Å². The Bertz CT molecular complexity index is 301. The van der Waals surface area contributed by atoms with Crippen LogP contribution in [0, 0.1) is 6.92 Å². The number of hydrogen-bond acceptors (Lipinski definition) is 5. The molecule has 1 rings (SSSR count). The Morgan fingerprint density at radius 3 is 2.88 bits per heavy atom. The van der Waals surface area contributed by atoms with Crippen LogP contribution in [0.1, 0.15) is 17.1 Å². The highest BCUT2D eigenvalue weighted by atomic mass is 32.2. The molecular formula is C11H21N3S2. The molecule has 0 aromatic carbocycles. The van der Waals surface area contributed by atoms with Crippen LogP contribution in [0.2, 0.25) is 0 Å². The summed E-state index contributed by atoms with van der Waals surface area (Å²) in [4.78, 5) is 6.79. The van der Waals surface area contributed by atoms with E-state index in [1.54, 1.807) is 11.3 Å². The van der Waals surface area contributed by atoms with Gasteiger partial charge >= 0.3 is 0 Å². The molecule has 0 saturated heterocycles. The largest absolute Gasteiger partial charge is 0.329 e. The fraction of sp³-hybridized carbons (Fsp3) is 0.727. The van der Waals surface area contributed by atoms with Crippen LogP contribution in [-0.4, -0.2) is 41.5 Å². The summed E-state index contributed by atoms with van der Waals surface area (Å²) < 4.78 is 0. The van der Waals surface area contributed by atoms with Gasteiger partial charge in [-0.3, -0.25) is 4.90 Å². The van der Waals surface area contributed by atoms with Crippen LogP contribution in [0.3, 0.4) is 0 Å². The molecule has 92 valence electrons. The van der Waals surface area contributed by atoms with Crippen LogP contribution >= 0.6 is 23.1 Å². The first kappa shape index (κ1) is 14.0. The Hall–Kier alpha value is -0.100.